The molecule has 0 saturated carbocycles. The highest BCUT2D eigenvalue weighted by Gasteiger charge is 2.10. The second kappa shape index (κ2) is 13.9. The molecule has 0 spiro atoms. The third-order valence-electron chi connectivity index (χ3n) is 4.28. The van der Waals surface area contributed by atoms with Crippen molar-refractivity contribution in [1.82, 2.24) is 4.98 Å². The number of hydrogen-bond acceptors (Lipinski definition) is 5. The zero-order valence-corrected chi connectivity index (χ0v) is 16.1. The van der Waals surface area contributed by atoms with Gasteiger partial charge in [0, 0.05) is 6.42 Å². The Kier molecular flexibility index (Phi) is 11.8. The Balaban J connectivity index is 2.44. The van der Waals surface area contributed by atoms with E-state index in [9.17, 15) is 14.7 Å². The van der Waals surface area contributed by atoms with Gasteiger partial charge in [0.05, 0.1) is 17.8 Å². The number of aliphatic carboxylic acids is 1. The van der Waals surface area contributed by atoms with Gasteiger partial charge in [-0.1, -0.05) is 57.6 Å². The van der Waals surface area contributed by atoms with Gasteiger partial charge in [-0.25, -0.2) is 4.98 Å². The number of anilines is 1. The second-order valence-electron chi connectivity index (χ2n) is 6.75. The predicted octanol–water partition coefficient (Wildman–Crippen LogP) is 4.05. The summed E-state index contributed by atoms with van der Waals surface area (Å²) in [5.74, 6) is -0.433. The fourth-order valence-electron chi connectivity index (χ4n) is 2.71. The van der Waals surface area contributed by atoms with E-state index in [0.717, 1.165) is 19.3 Å². The lowest BCUT2D eigenvalue weighted by Crippen LogP contribution is -2.22. The summed E-state index contributed by atoms with van der Waals surface area (Å²) < 4.78 is 0. The SMILES string of the molecule is CCCCCCCC[C@H](O)/C=C/c1cccc(NC(C=O)CCC(=O)O)n1. The quantitative estimate of drug-likeness (QED) is 0.315. The molecule has 0 aliphatic rings. The number of aliphatic hydroxyl groups excluding tert-OH is 1. The van der Waals surface area contributed by atoms with Crippen molar-refractivity contribution < 1.29 is 19.8 Å². The average molecular weight is 376 g/mol. The maximum Gasteiger partial charge on any atom is 0.303 e. The molecule has 6 nitrogen and oxygen atoms in total. The molecule has 0 fully saturated rings. The van der Waals surface area contributed by atoms with Gasteiger partial charge < -0.3 is 20.3 Å². The van der Waals surface area contributed by atoms with Crippen LogP contribution < -0.4 is 5.32 Å². The van der Waals surface area contributed by atoms with Crippen molar-refractivity contribution in [3.05, 3.63) is 30.0 Å². The molecule has 1 heterocycles. The van der Waals surface area contributed by atoms with Gasteiger partial charge in [-0.05, 0) is 31.1 Å². The standard InChI is InChI=1S/C21H32N2O4/c1-2-3-4-5-6-7-10-19(25)14-12-17-9-8-11-20(22-17)23-18(16-24)13-15-21(26)27/h8-9,11-12,14,16,18-19,25H,2-7,10,13,15H2,1H3,(H,22,23)(H,26,27)/b14-12+/t18?,19-/m0/s1. The van der Waals surface area contributed by atoms with Crippen LogP contribution in [0.4, 0.5) is 5.82 Å². The summed E-state index contributed by atoms with van der Waals surface area (Å²) in [6.45, 7) is 2.20. The van der Waals surface area contributed by atoms with Gasteiger partial charge in [0.15, 0.2) is 0 Å². The number of carboxylic acid groups (broad SMARTS) is 1. The zero-order valence-electron chi connectivity index (χ0n) is 16.1. The summed E-state index contributed by atoms with van der Waals surface area (Å²) >= 11 is 0. The van der Waals surface area contributed by atoms with Crippen LogP contribution in [0, 0.1) is 0 Å². The molecule has 0 aliphatic carbocycles. The van der Waals surface area contributed by atoms with E-state index in [-0.39, 0.29) is 12.8 Å². The number of nitrogens with one attached hydrogen (secondary N) is 1. The van der Waals surface area contributed by atoms with Gasteiger partial charge in [-0.15, -0.1) is 0 Å². The molecule has 27 heavy (non-hydrogen) atoms. The molecular weight excluding hydrogens is 344 g/mol. The highest BCUT2D eigenvalue weighted by atomic mass is 16.4. The number of aldehydes is 1. The Hall–Kier alpha value is -2.21. The third kappa shape index (κ3) is 11.2. The first-order valence-corrected chi connectivity index (χ1v) is 9.82. The van der Waals surface area contributed by atoms with Crippen molar-refractivity contribution in [2.45, 2.75) is 76.9 Å². The van der Waals surface area contributed by atoms with E-state index in [1.165, 1.54) is 25.7 Å². The summed E-state index contributed by atoms with van der Waals surface area (Å²) in [5.41, 5.74) is 0.671. The fraction of sp³-hybridized carbons (Fsp3) is 0.571. The van der Waals surface area contributed by atoms with Crippen LogP contribution >= 0.6 is 0 Å². The van der Waals surface area contributed by atoms with Crippen molar-refractivity contribution in [2.75, 3.05) is 5.32 Å². The van der Waals surface area contributed by atoms with E-state index in [2.05, 4.69) is 17.2 Å². The van der Waals surface area contributed by atoms with E-state index in [4.69, 9.17) is 5.11 Å². The zero-order chi connectivity index (χ0) is 19.9. The number of rotatable bonds is 15. The summed E-state index contributed by atoms with van der Waals surface area (Å²) in [4.78, 5) is 26.1. The van der Waals surface area contributed by atoms with Gasteiger partial charge in [0.1, 0.15) is 12.1 Å². The monoisotopic (exact) mass is 376 g/mol. The van der Waals surface area contributed by atoms with Gasteiger partial charge in [0.2, 0.25) is 0 Å². The minimum absolute atomic E-state index is 0.0827. The van der Waals surface area contributed by atoms with Crippen LogP contribution in [0.5, 0.6) is 0 Å². The lowest BCUT2D eigenvalue weighted by Gasteiger charge is -2.12. The molecule has 3 N–H and O–H groups in total. The van der Waals surface area contributed by atoms with Crippen LogP contribution in [0.3, 0.4) is 0 Å². The first-order chi connectivity index (χ1) is 13.0. The minimum Gasteiger partial charge on any atom is -0.481 e. The molecular formula is C21H32N2O4. The van der Waals surface area contributed by atoms with Crippen molar-refractivity contribution in [1.29, 1.82) is 0 Å². The molecule has 0 aromatic carbocycles. The van der Waals surface area contributed by atoms with Gasteiger partial charge >= 0.3 is 5.97 Å². The summed E-state index contributed by atoms with van der Waals surface area (Å²) in [7, 11) is 0. The maximum absolute atomic E-state index is 11.1. The molecule has 150 valence electrons. The smallest absolute Gasteiger partial charge is 0.303 e. The van der Waals surface area contributed by atoms with Crippen molar-refractivity contribution in [3.8, 4) is 0 Å². The molecule has 0 amide bonds. The fourth-order valence-corrected chi connectivity index (χ4v) is 2.71. The van der Waals surface area contributed by atoms with Crippen LogP contribution in [-0.2, 0) is 9.59 Å². The Labute approximate surface area is 161 Å². The number of carbonyl (C=O) groups excluding carboxylic acids is 1. The largest absolute Gasteiger partial charge is 0.481 e. The van der Waals surface area contributed by atoms with E-state index in [0.29, 0.717) is 17.8 Å². The van der Waals surface area contributed by atoms with Crippen LogP contribution in [0.2, 0.25) is 0 Å². The molecule has 0 aliphatic heterocycles. The molecule has 1 rings (SSSR count). The number of nitrogens with zero attached hydrogens (tertiary/aromatic N) is 1. The summed E-state index contributed by atoms with van der Waals surface area (Å²) in [6.07, 6.45) is 11.7. The average Bonchev–Trinajstić information content (AvgIpc) is 2.66. The first kappa shape index (κ1) is 22.8. The summed E-state index contributed by atoms with van der Waals surface area (Å²) in [5, 5.41) is 21.7. The number of hydrogen-bond donors (Lipinski definition) is 3. The van der Waals surface area contributed by atoms with Crippen LogP contribution in [0.25, 0.3) is 6.08 Å². The molecule has 6 heteroatoms. The van der Waals surface area contributed by atoms with E-state index < -0.39 is 18.1 Å². The van der Waals surface area contributed by atoms with Gasteiger partial charge in [-0.3, -0.25) is 4.79 Å². The molecule has 0 radical (unpaired) electrons. The number of unbranched alkanes of at least 4 members (excludes halogenated alkanes) is 5. The van der Waals surface area contributed by atoms with Crippen molar-refractivity contribution in [3.63, 3.8) is 0 Å². The number of aliphatic hydroxyl groups is 1. The topological polar surface area (TPSA) is 99.5 Å². The van der Waals surface area contributed by atoms with E-state index in [1.54, 1.807) is 24.3 Å². The minimum atomic E-state index is -0.937. The second-order valence-corrected chi connectivity index (χ2v) is 6.75. The summed E-state index contributed by atoms with van der Waals surface area (Å²) in [6, 6.07) is 4.74. The highest BCUT2D eigenvalue weighted by molar-refractivity contribution is 5.69. The van der Waals surface area contributed by atoms with Crippen LogP contribution in [-0.4, -0.2) is 39.6 Å². The van der Waals surface area contributed by atoms with E-state index >= 15 is 0 Å². The lowest BCUT2D eigenvalue weighted by atomic mass is 10.1. The number of aromatic nitrogens is 1. The van der Waals surface area contributed by atoms with Crippen molar-refractivity contribution >= 4 is 24.1 Å². The molecule has 1 aromatic rings. The Morgan fingerprint density at radius 2 is 1.93 bits per heavy atom. The highest BCUT2D eigenvalue weighted by Crippen LogP contribution is 2.12. The lowest BCUT2D eigenvalue weighted by molar-refractivity contribution is -0.137. The van der Waals surface area contributed by atoms with Gasteiger partial charge in [-0.2, -0.15) is 0 Å². The Morgan fingerprint density at radius 1 is 1.19 bits per heavy atom. The first-order valence-electron chi connectivity index (χ1n) is 9.82. The maximum atomic E-state index is 11.1. The van der Waals surface area contributed by atoms with Gasteiger partial charge in [0.25, 0.3) is 0 Å². The number of carboxylic acids is 1. The molecule has 0 saturated heterocycles. The third-order valence-corrected chi connectivity index (χ3v) is 4.28. The molecule has 1 aromatic heterocycles. The Morgan fingerprint density at radius 3 is 2.63 bits per heavy atom. The van der Waals surface area contributed by atoms with Crippen molar-refractivity contribution in [2.24, 2.45) is 0 Å². The Bertz CT molecular complexity index is 589. The van der Waals surface area contributed by atoms with E-state index in [1.807, 2.05) is 6.07 Å². The number of pyridine rings is 1. The molecule has 1 unspecified atom stereocenters. The molecule has 0 bridgehead atoms. The van der Waals surface area contributed by atoms with Crippen LogP contribution in [0.1, 0.15) is 70.4 Å². The molecule has 2 atom stereocenters. The normalized spacial score (nSPS) is 13.4. The predicted molar refractivity (Wildman–Crippen MR) is 108 cm³/mol. The number of carbonyl (C=O) groups is 2. The van der Waals surface area contributed by atoms with Crippen LogP contribution in [0.15, 0.2) is 24.3 Å².